The Morgan fingerprint density at radius 3 is 2.38 bits per heavy atom. The van der Waals surface area contributed by atoms with E-state index in [9.17, 15) is 0 Å². The molecule has 2 N–H and O–H groups in total. The summed E-state index contributed by atoms with van der Waals surface area (Å²) >= 11 is 6.18. The zero-order valence-corrected chi connectivity index (χ0v) is 15.4. The number of benzene rings is 1. The topological polar surface area (TPSA) is 43.3 Å². The molecule has 0 saturated heterocycles. The quantitative estimate of drug-likeness (QED) is 0.727. The van der Waals surface area contributed by atoms with Crippen LogP contribution in [0.5, 0.6) is 0 Å². The molecule has 0 amide bonds. The van der Waals surface area contributed by atoms with Crippen LogP contribution in [-0.4, -0.2) is 15.9 Å². The molecule has 0 aliphatic heterocycles. The van der Waals surface area contributed by atoms with Crippen LogP contribution in [-0.2, 0) is 5.41 Å². The van der Waals surface area contributed by atoms with Gasteiger partial charge in [-0.05, 0) is 23.1 Å². The predicted octanol–water partition coefficient (Wildman–Crippen LogP) is 5.01. The van der Waals surface area contributed by atoms with E-state index in [2.05, 4.69) is 56.4 Å². The molecule has 0 saturated carbocycles. The van der Waals surface area contributed by atoms with Gasteiger partial charge >= 0.3 is 0 Å². The van der Waals surface area contributed by atoms with Crippen LogP contribution in [0.25, 0.3) is 16.9 Å². The largest absolute Gasteiger partial charge is 0.330 e. The first kappa shape index (κ1) is 17.0. The van der Waals surface area contributed by atoms with Crippen molar-refractivity contribution in [2.75, 3.05) is 6.54 Å². The number of pyridine rings is 1. The minimum absolute atomic E-state index is 0.137. The number of nitrogens with zero attached hydrogens (tertiary/aromatic N) is 2. The zero-order chi connectivity index (χ0) is 17.5. The van der Waals surface area contributed by atoms with E-state index in [0.29, 0.717) is 11.6 Å². The molecule has 1 unspecified atom stereocenters. The van der Waals surface area contributed by atoms with E-state index in [-0.39, 0.29) is 11.3 Å². The maximum absolute atomic E-state index is 6.18. The Morgan fingerprint density at radius 2 is 1.79 bits per heavy atom. The maximum atomic E-state index is 6.18. The molecular formula is C20H24ClN3. The highest BCUT2D eigenvalue weighted by atomic mass is 35.5. The Morgan fingerprint density at radius 1 is 1.12 bits per heavy atom. The van der Waals surface area contributed by atoms with Gasteiger partial charge in [0, 0.05) is 24.2 Å². The summed E-state index contributed by atoms with van der Waals surface area (Å²) in [6.45, 7) is 9.34. The van der Waals surface area contributed by atoms with Crippen LogP contribution in [0, 0.1) is 0 Å². The maximum Gasteiger partial charge on any atom is 0.137 e. The number of fused-ring (bicyclic) bond motifs is 1. The molecule has 0 fully saturated rings. The molecule has 2 aromatic heterocycles. The lowest BCUT2D eigenvalue weighted by Crippen LogP contribution is -2.12. The number of rotatable bonds is 3. The molecule has 126 valence electrons. The summed E-state index contributed by atoms with van der Waals surface area (Å²) in [5, 5.41) is 0.694. The highest BCUT2D eigenvalue weighted by Crippen LogP contribution is 2.32. The molecule has 1 atom stereocenters. The molecule has 0 aliphatic rings. The third-order valence-corrected chi connectivity index (χ3v) is 4.69. The SMILES string of the molecule is CC(CN)c1c(-c2ccc(C(C)(C)C)cc2)nc2ccc(Cl)cn12. The lowest BCUT2D eigenvalue weighted by Gasteiger charge is -2.19. The van der Waals surface area contributed by atoms with Crippen LogP contribution in [0.4, 0.5) is 0 Å². The van der Waals surface area contributed by atoms with Crippen molar-refractivity contribution in [1.82, 2.24) is 9.38 Å². The smallest absolute Gasteiger partial charge is 0.137 e. The number of nitrogens with two attached hydrogens (primary N) is 1. The fraction of sp³-hybridized carbons (Fsp3) is 0.350. The van der Waals surface area contributed by atoms with Gasteiger partial charge in [0.05, 0.1) is 16.4 Å². The average Bonchev–Trinajstić information content (AvgIpc) is 2.92. The molecule has 3 rings (SSSR count). The van der Waals surface area contributed by atoms with Gasteiger partial charge < -0.3 is 10.1 Å². The second-order valence-electron chi connectivity index (χ2n) is 7.39. The van der Waals surface area contributed by atoms with Crippen LogP contribution in [0.3, 0.4) is 0 Å². The standard InChI is InChI=1S/C20H24ClN3/c1-13(11-22)19-18(23-17-10-9-16(21)12-24(17)19)14-5-7-15(8-6-14)20(2,3)4/h5-10,12-13H,11,22H2,1-4H3. The third-order valence-electron chi connectivity index (χ3n) is 4.46. The number of halogens is 1. The van der Waals surface area contributed by atoms with Crippen molar-refractivity contribution in [2.24, 2.45) is 5.73 Å². The van der Waals surface area contributed by atoms with Crippen molar-refractivity contribution in [3.63, 3.8) is 0 Å². The van der Waals surface area contributed by atoms with Gasteiger partial charge in [0.1, 0.15) is 5.65 Å². The van der Waals surface area contributed by atoms with Crippen molar-refractivity contribution in [3.8, 4) is 11.3 Å². The molecule has 3 nitrogen and oxygen atoms in total. The van der Waals surface area contributed by atoms with E-state index in [1.807, 2.05) is 18.3 Å². The van der Waals surface area contributed by atoms with Gasteiger partial charge in [0.15, 0.2) is 0 Å². The number of hydrogen-bond donors (Lipinski definition) is 1. The van der Waals surface area contributed by atoms with Crippen molar-refractivity contribution in [3.05, 3.63) is 58.9 Å². The molecule has 4 heteroatoms. The normalized spacial score (nSPS) is 13.4. The summed E-state index contributed by atoms with van der Waals surface area (Å²) in [6, 6.07) is 12.5. The van der Waals surface area contributed by atoms with E-state index in [1.54, 1.807) is 0 Å². The molecule has 0 aliphatic carbocycles. The van der Waals surface area contributed by atoms with Gasteiger partial charge in [-0.15, -0.1) is 0 Å². The number of aromatic nitrogens is 2. The highest BCUT2D eigenvalue weighted by Gasteiger charge is 2.20. The van der Waals surface area contributed by atoms with Crippen molar-refractivity contribution in [2.45, 2.75) is 39.0 Å². The fourth-order valence-corrected chi connectivity index (χ4v) is 3.12. The third kappa shape index (κ3) is 3.06. The van der Waals surface area contributed by atoms with E-state index in [1.165, 1.54) is 5.56 Å². The van der Waals surface area contributed by atoms with Gasteiger partial charge in [-0.1, -0.05) is 63.6 Å². The minimum atomic E-state index is 0.137. The first-order valence-electron chi connectivity index (χ1n) is 8.29. The summed E-state index contributed by atoms with van der Waals surface area (Å²) in [5.41, 5.74) is 11.5. The van der Waals surface area contributed by atoms with Crippen molar-refractivity contribution < 1.29 is 0 Å². The Labute approximate surface area is 148 Å². The second-order valence-corrected chi connectivity index (χ2v) is 7.82. The van der Waals surface area contributed by atoms with Crippen LogP contribution in [0.1, 0.15) is 44.9 Å². The molecule has 24 heavy (non-hydrogen) atoms. The fourth-order valence-electron chi connectivity index (χ4n) is 2.96. The van der Waals surface area contributed by atoms with Crippen molar-refractivity contribution in [1.29, 1.82) is 0 Å². The lowest BCUT2D eigenvalue weighted by atomic mass is 9.86. The summed E-state index contributed by atoms with van der Waals surface area (Å²) in [7, 11) is 0. The van der Waals surface area contributed by atoms with Gasteiger partial charge in [-0.2, -0.15) is 0 Å². The first-order valence-corrected chi connectivity index (χ1v) is 8.67. The molecular weight excluding hydrogens is 318 g/mol. The molecule has 3 aromatic rings. The van der Waals surface area contributed by atoms with E-state index in [0.717, 1.165) is 22.6 Å². The summed E-state index contributed by atoms with van der Waals surface area (Å²) in [6.07, 6.45) is 1.92. The van der Waals surface area contributed by atoms with E-state index in [4.69, 9.17) is 22.3 Å². The van der Waals surface area contributed by atoms with Crippen LogP contribution in [0.15, 0.2) is 42.6 Å². The van der Waals surface area contributed by atoms with Gasteiger partial charge in [0.25, 0.3) is 0 Å². The number of imidazole rings is 1. The second kappa shape index (κ2) is 6.23. The van der Waals surface area contributed by atoms with E-state index >= 15 is 0 Å². The molecule has 0 bridgehead atoms. The molecule has 1 aromatic carbocycles. The van der Waals surface area contributed by atoms with Crippen molar-refractivity contribution >= 4 is 17.2 Å². The molecule has 0 spiro atoms. The summed E-state index contributed by atoms with van der Waals surface area (Å²) in [5.74, 6) is 0.191. The van der Waals surface area contributed by atoms with Gasteiger partial charge in [-0.25, -0.2) is 4.98 Å². The minimum Gasteiger partial charge on any atom is -0.330 e. The average molecular weight is 342 g/mol. The Balaban J connectivity index is 2.18. The number of hydrogen-bond acceptors (Lipinski definition) is 2. The van der Waals surface area contributed by atoms with E-state index < -0.39 is 0 Å². The predicted molar refractivity (Wildman–Crippen MR) is 102 cm³/mol. The zero-order valence-electron chi connectivity index (χ0n) is 14.7. The molecule has 2 heterocycles. The summed E-state index contributed by atoms with van der Waals surface area (Å²) < 4.78 is 2.06. The van der Waals surface area contributed by atoms with Crippen LogP contribution in [0.2, 0.25) is 5.02 Å². The monoisotopic (exact) mass is 341 g/mol. The van der Waals surface area contributed by atoms with Gasteiger partial charge in [-0.3, -0.25) is 0 Å². The van der Waals surface area contributed by atoms with Gasteiger partial charge in [0.2, 0.25) is 0 Å². The van der Waals surface area contributed by atoms with Crippen LogP contribution < -0.4 is 5.73 Å². The highest BCUT2D eigenvalue weighted by molar-refractivity contribution is 6.30. The lowest BCUT2D eigenvalue weighted by molar-refractivity contribution is 0.590. The summed E-state index contributed by atoms with van der Waals surface area (Å²) in [4.78, 5) is 4.83. The Hall–Kier alpha value is -1.84. The Bertz CT molecular complexity index is 857. The first-order chi connectivity index (χ1) is 11.3. The molecule has 0 radical (unpaired) electrons. The Kier molecular flexibility index (Phi) is 4.41. The van der Waals surface area contributed by atoms with Crippen LogP contribution >= 0.6 is 11.6 Å².